The fraction of sp³-hybridized carbons (Fsp3) is 0.100. The van der Waals surface area contributed by atoms with Gasteiger partial charge in [-0.15, -0.1) is 0 Å². The first-order chi connectivity index (χ1) is 6.40. The van der Waals surface area contributed by atoms with E-state index in [1.807, 2.05) is 41.2 Å². The number of benzene rings is 1. The Bertz CT molecular complexity index is 378. The summed E-state index contributed by atoms with van der Waals surface area (Å²) in [4.78, 5) is 0. The van der Waals surface area contributed by atoms with Gasteiger partial charge in [-0.25, -0.2) is 4.68 Å². The quantitative estimate of drug-likeness (QED) is 0.744. The van der Waals surface area contributed by atoms with Crippen molar-refractivity contribution in [3.8, 4) is 5.69 Å². The van der Waals surface area contributed by atoms with E-state index in [0.29, 0.717) is 6.54 Å². The number of hydrogen-bond acceptors (Lipinski definition) is 2. The highest BCUT2D eigenvalue weighted by molar-refractivity contribution is 5.30. The summed E-state index contributed by atoms with van der Waals surface area (Å²) in [6.45, 7) is 0.535. The number of rotatable bonds is 2. The van der Waals surface area contributed by atoms with Crippen LogP contribution in [0.2, 0.25) is 0 Å². The number of hydrogen-bond donors (Lipinski definition) is 1. The summed E-state index contributed by atoms with van der Waals surface area (Å²) >= 11 is 0. The zero-order valence-corrected chi connectivity index (χ0v) is 7.22. The number of nitrogens with zero attached hydrogens (tertiary/aromatic N) is 2. The third-order valence-electron chi connectivity index (χ3n) is 1.89. The van der Waals surface area contributed by atoms with Crippen molar-refractivity contribution in [1.29, 1.82) is 0 Å². The van der Waals surface area contributed by atoms with Crippen molar-refractivity contribution in [3.63, 3.8) is 0 Å². The molecule has 0 saturated carbocycles. The molecule has 13 heavy (non-hydrogen) atoms. The highest BCUT2D eigenvalue weighted by atomic mass is 15.3. The maximum Gasteiger partial charge on any atom is 0.0645 e. The highest BCUT2D eigenvalue weighted by Crippen LogP contribution is 2.06. The van der Waals surface area contributed by atoms with Crippen LogP contribution >= 0.6 is 0 Å². The van der Waals surface area contributed by atoms with E-state index in [2.05, 4.69) is 5.10 Å². The lowest BCUT2D eigenvalue weighted by atomic mass is 10.3. The molecule has 0 aliphatic rings. The van der Waals surface area contributed by atoms with E-state index in [9.17, 15) is 0 Å². The lowest BCUT2D eigenvalue weighted by Crippen LogP contribution is -1.95. The van der Waals surface area contributed by atoms with E-state index in [-0.39, 0.29) is 0 Å². The average Bonchev–Trinajstić information content (AvgIpc) is 2.67. The Morgan fingerprint density at radius 1 is 1.23 bits per heavy atom. The van der Waals surface area contributed by atoms with Gasteiger partial charge in [0.2, 0.25) is 0 Å². The van der Waals surface area contributed by atoms with Gasteiger partial charge in [-0.05, 0) is 12.1 Å². The third-order valence-corrected chi connectivity index (χ3v) is 1.89. The molecule has 1 aromatic carbocycles. The molecule has 3 heteroatoms. The van der Waals surface area contributed by atoms with Crippen molar-refractivity contribution in [2.24, 2.45) is 5.73 Å². The second-order valence-electron chi connectivity index (χ2n) is 2.83. The normalized spacial score (nSPS) is 10.2. The van der Waals surface area contributed by atoms with Crippen molar-refractivity contribution < 1.29 is 0 Å². The van der Waals surface area contributed by atoms with Gasteiger partial charge in [-0.2, -0.15) is 5.10 Å². The molecule has 1 heterocycles. The summed E-state index contributed by atoms with van der Waals surface area (Å²) in [7, 11) is 0. The van der Waals surface area contributed by atoms with Crippen molar-refractivity contribution >= 4 is 0 Å². The van der Waals surface area contributed by atoms with E-state index in [4.69, 9.17) is 5.73 Å². The van der Waals surface area contributed by atoms with Gasteiger partial charge in [-0.3, -0.25) is 0 Å². The Hall–Kier alpha value is -1.61. The van der Waals surface area contributed by atoms with Gasteiger partial charge in [0.1, 0.15) is 0 Å². The smallest absolute Gasteiger partial charge is 0.0645 e. The minimum atomic E-state index is 0.535. The van der Waals surface area contributed by atoms with Gasteiger partial charge in [-0.1, -0.05) is 18.2 Å². The molecule has 66 valence electrons. The van der Waals surface area contributed by atoms with Crippen LogP contribution in [-0.2, 0) is 6.54 Å². The average molecular weight is 173 g/mol. The minimum Gasteiger partial charge on any atom is -0.326 e. The van der Waals surface area contributed by atoms with Crippen LogP contribution in [0.1, 0.15) is 5.56 Å². The second kappa shape index (κ2) is 3.41. The van der Waals surface area contributed by atoms with Crippen LogP contribution in [-0.4, -0.2) is 9.78 Å². The van der Waals surface area contributed by atoms with E-state index in [0.717, 1.165) is 11.3 Å². The summed E-state index contributed by atoms with van der Waals surface area (Å²) in [5.41, 5.74) is 7.59. The van der Waals surface area contributed by atoms with Crippen molar-refractivity contribution in [3.05, 3.63) is 48.3 Å². The fourth-order valence-corrected chi connectivity index (χ4v) is 1.19. The number of para-hydroxylation sites is 1. The molecule has 2 aromatic rings. The first-order valence-electron chi connectivity index (χ1n) is 4.19. The van der Waals surface area contributed by atoms with Gasteiger partial charge in [0.05, 0.1) is 11.9 Å². The summed E-state index contributed by atoms with van der Waals surface area (Å²) in [5, 5.41) is 4.19. The van der Waals surface area contributed by atoms with Gasteiger partial charge < -0.3 is 5.73 Å². The Kier molecular flexibility index (Phi) is 2.10. The number of nitrogens with two attached hydrogens (primary N) is 1. The molecule has 0 radical (unpaired) electrons. The van der Waals surface area contributed by atoms with E-state index in [1.54, 1.807) is 6.20 Å². The first-order valence-corrected chi connectivity index (χ1v) is 4.19. The molecule has 0 bridgehead atoms. The SMILES string of the molecule is NCc1cnn(-c2ccccc2)c1. The zero-order valence-electron chi connectivity index (χ0n) is 7.22. The molecule has 0 saturated heterocycles. The standard InChI is InChI=1S/C10H11N3/c11-6-9-7-12-13(8-9)10-4-2-1-3-5-10/h1-5,7-8H,6,11H2. The maximum atomic E-state index is 5.49. The summed E-state index contributed by atoms with van der Waals surface area (Å²) in [6.07, 6.45) is 3.72. The van der Waals surface area contributed by atoms with Gasteiger partial charge in [0.15, 0.2) is 0 Å². The van der Waals surface area contributed by atoms with Crippen LogP contribution in [0.4, 0.5) is 0 Å². The molecule has 0 aliphatic heterocycles. The molecule has 2 rings (SSSR count). The van der Waals surface area contributed by atoms with Crippen LogP contribution in [0.5, 0.6) is 0 Å². The molecule has 1 aromatic heterocycles. The van der Waals surface area contributed by atoms with Crippen LogP contribution in [0.3, 0.4) is 0 Å². The topological polar surface area (TPSA) is 43.8 Å². The molecular formula is C10H11N3. The van der Waals surface area contributed by atoms with Crippen LogP contribution in [0.25, 0.3) is 5.69 Å². The minimum absolute atomic E-state index is 0.535. The maximum absolute atomic E-state index is 5.49. The number of aromatic nitrogens is 2. The van der Waals surface area contributed by atoms with Crippen LogP contribution in [0.15, 0.2) is 42.7 Å². The van der Waals surface area contributed by atoms with Crippen molar-refractivity contribution in [1.82, 2.24) is 9.78 Å². The van der Waals surface area contributed by atoms with Gasteiger partial charge in [0, 0.05) is 18.3 Å². The fourth-order valence-electron chi connectivity index (χ4n) is 1.19. The Morgan fingerprint density at radius 3 is 2.62 bits per heavy atom. The summed E-state index contributed by atoms with van der Waals surface area (Å²) in [6, 6.07) is 9.97. The van der Waals surface area contributed by atoms with E-state index < -0.39 is 0 Å². The lowest BCUT2D eigenvalue weighted by Gasteiger charge is -1.98. The van der Waals surface area contributed by atoms with Gasteiger partial charge >= 0.3 is 0 Å². The predicted molar refractivity (Wildman–Crippen MR) is 51.5 cm³/mol. The Balaban J connectivity index is 2.36. The lowest BCUT2D eigenvalue weighted by molar-refractivity contribution is 0.879. The summed E-state index contributed by atoms with van der Waals surface area (Å²) < 4.78 is 1.82. The third kappa shape index (κ3) is 1.60. The second-order valence-corrected chi connectivity index (χ2v) is 2.83. The van der Waals surface area contributed by atoms with Crippen LogP contribution < -0.4 is 5.73 Å². The molecular weight excluding hydrogens is 162 g/mol. The summed E-state index contributed by atoms with van der Waals surface area (Å²) in [5.74, 6) is 0. The highest BCUT2D eigenvalue weighted by Gasteiger charge is 1.97. The monoisotopic (exact) mass is 173 g/mol. The molecule has 3 nitrogen and oxygen atoms in total. The van der Waals surface area contributed by atoms with E-state index >= 15 is 0 Å². The Labute approximate surface area is 76.8 Å². The molecule has 0 fully saturated rings. The van der Waals surface area contributed by atoms with Gasteiger partial charge in [0.25, 0.3) is 0 Å². The molecule has 0 unspecified atom stereocenters. The molecule has 0 aliphatic carbocycles. The van der Waals surface area contributed by atoms with Crippen LogP contribution in [0, 0.1) is 0 Å². The molecule has 0 spiro atoms. The Morgan fingerprint density at radius 2 is 2.00 bits per heavy atom. The first kappa shape index (κ1) is 8.01. The molecule has 2 N–H and O–H groups in total. The van der Waals surface area contributed by atoms with Crippen molar-refractivity contribution in [2.75, 3.05) is 0 Å². The largest absolute Gasteiger partial charge is 0.326 e. The molecule has 0 atom stereocenters. The van der Waals surface area contributed by atoms with E-state index in [1.165, 1.54) is 0 Å². The zero-order chi connectivity index (χ0) is 9.10. The van der Waals surface area contributed by atoms with Crippen molar-refractivity contribution in [2.45, 2.75) is 6.54 Å². The molecule has 0 amide bonds. The predicted octanol–water partition coefficient (Wildman–Crippen LogP) is 1.33.